The Balaban J connectivity index is 1.71. The molecule has 3 N–H and O–H groups in total. The van der Waals surface area contributed by atoms with E-state index in [-0.39, 0.29) is 24.4 Å². The Bertz CT molecular complexity index is 993. The Morgan fingerprint density at radius 1 is 1.08 bits per heavy atom. The molecule has 1 heterocycles. The highest BCUT2D eigenvalue weighted by Crippen LogP contribution is 2.10. The highest BCUT2D eigenvalue weighted by atomic mass is 16.2. The highest BCUT2D eigenvalue weighted by Gasteiger charge is 2.09. The number of carbonyl (C=O) groups excluding carboxylic acids is 2. The zero-order valence-corrected chi connectivity index (χ0v) is 13.3. The fourth-order valence-electron chi connectivity index (χ4n) is 2.48. The Morgan fingerprint density at radius 2 is 1.80 bits per heavy atom. The van der Waals surface area contributed by atoms with Gasteiger partial charge in [-0.05, 0) is 23.8 Å². The molecule has 3 rings (SSSR count). The van der Waals surface area contributed by atoms with E-state index in [1.807, 2.05) is 6.07 Å². The molecule has 0 aliphatic carbocycles. The third-order valence-electron chi connectivity index (χ3n) is 3.67. The maximum absolute atomic E-state index is 12.3. The van der Waals surface area contributed by atoms with Crippen LogP contribution < -0.4 is 16.6 Å². The molecule has 0 aliphatic heterocycles. The highest BCUT2D eigenvalue weighted by molar-refractivity contribution is 5.90. The molecule has 0 saturated heterocycles. The van der Waals surface area contributed by atoms with E-state index in [4.69, 9.17) is 5.73 Å². The van der Waals surface area contributed by atoms with Gasteiger partial charge in [-0.3, -0.25) is 14.4 Å². The van der Waals surface area contributed by atoms with Crippen molar-refractivity contribution in [2.75, 3.05) is 5.32 Å². The number of hydrogen-bond donors (Lipinski definition) is 2. The number of fused-ring (bicyclic) bond motifs is 1. The zero-order chi connectivity index (χ0) is 17.8. The number of nitrogens with two attached hydrogens (primary N) is 1. The molecule has 2 amide bonds. The molecule has 0 aliphatic rings. The maximum Gasteiger partial charge on any atom is 0.275 e. The van der Waals surface area contributed by atoms with Gasteiger partial charge in [0, 0.05) is 11.1 Å². The molecule has 126 valence electrons. The average Bonchev–Trinajstić information content (AvgIpc) is 2.59. The Hall–Kier alpha value is -3.48. The summed E-state index contributed by atoms with van der Waals surface area (Å²) in [5.74, 6) is -0.786. The number of rotatable bonds is 5. The first-order valence-electron chi connectivity index (χ1n) is 7.65. The van der Waals surface area contributed by atoms with Crippen LogP contribution in [-0.4, -0.2) is 21.6 Å². The van der Waals surface area contributed by atoms with E-state index in [9.17, 15) is 14.4 Å². The maximum atomic E-state index is 12.3. The Kier molecular flexibility index (Phi) is 4.56. The number of nitrogens with one attached hydrogen (secondary N) is 1. The predicted molar refractivity (Wildman–Crippen MR) is 94.0 cm³/mol. The van der Waals surface area contributed by atoms with E-state index < -0.39 is 5.91 Å². The van der Waals surface area contributed by atoms with Gasteiger partial charge in [-0.1, -0.05) is 30.3 Å². The van der Waals surface area contributed by atoms with Crippen molar-refractivity contribution >= 4 is 28.3 Å². The fraction of sp³-hybridized carbons (Fsp3) is 0.111. The largest absolute Gasteiger partial charge is 0.369 e. The van der Waals surface area contributed by atoms with Crippen molar-refractivity contribution in [2.24, 2.45) is 5.73 Å². The molecule has 7 heteroatoms. The van der Waals surface area contributed by atoms with Gasteiger partial charge in [0.05, 0.1) is 18.0 Å². The molecule has 7 nitrogen and oxygen atoms in total. The number of aromatic nitrogens is 2. The van der Waals surface area contributed by atoms with Gasteiger partial charge in [0.25, 0.3) is 5.56 Å². The van der Waals surface area contributed by atoms with Crippen molar-refractivity contribution < 1.29 is 9.59 Å². The van der Waals surface area contributed by atoms with Crippen LogP contribution in [0, 0.1) is 0 Å². The first-order valence-corrected chi connectivity index (χ1v) is 7.65. The third kappa shape index (κ3) is 3.89. The Morgan fingerprint density at radius 3 is 2.52 bits per heavy atom. The number of amides is 2. The first-order chi connectivity index (χ1) is 12.0. The van der Waals surface area contributed by atoms with Gasteiger partial charge in [0.1, 0.15) is 6.54 Å². The number of carbonyl (C=O) groups is 2. The summed E-state index contributed by atoms with van der Waals surface area (Å²) in [6, 6.07) is 13.8. The van der Waals surface area contributed by atoms with Gasteiger partial charge in [-0.2, -0.15) is 5.10 Å². The molecule has 0 atom stereocenters. The van der Waals surface area contributed by atoms with E-state index >= 15 is 0 Å². The molecule has 25 heavy (non-hydrogen) atoms. The van der Waals surface area contributed by atoms with Crippen LogP contribution in [0.25, 0.3) is 10.8 Å². The van der Waals surface area contributed by atoms with Gasteiger partial charge < -0.3 is 11.1 Å². The number of nitrogens with zero attached hydrogens (tertiary/aromatic N) is 2. The average molecular weight is 336 g/mol. The monoisotopic (exact) mass is 336 g/mol. The molecular formula is C18H16N4O3. The topological polar surface area (TPSA) is 107 Å². The normalized spacial score (nSPS) is 10.6. The minimum atomic E-state index is -0.418. The molecule has 0 radical (unpaired) electrons. The third-order valence-corrected chi connectivity index (χ3v) is 3.67. The standard InChI is InChI=1S/C18H16N4O3/c19-16(23)9-12-5-7-14(8-6-12)21-17(24)11-22-18(25)15-4-2-1-3-13(15)10-20-22/h1-8,10H,9,11H2,(H2,19,23)(H,21,24). The molecule has 0 spiro atoms. The van der Waals surface area contributed by atoms with E-state index in [1.165, 1.54) is 0 Å². The van der Waals surface area contributed by atoms with Crippen molar-refractivity contribution in [1.82, 2.24) is 9.78 Å². The number of benzene rings is 2. The van der Waals surface area contributed by atoms with Crippen LogP contribution >= 0.6 is 0 Å². The minimum absolute atomic E-state index is 0.143. The van der Waals surface area contributed by atoms with Crippen LogP contribution in [0.5, 0.6) is 0 Å². The second kappa shape index (κ2) is 6.96. The summed E-state index contributed by atoms with van der Waals surface area (Å²) in [6.45, 7) is -0.188. The van der Waals surface area contributed by atoms with Crippen molar-refractivity contribution in [3.8, 4) is 0 Å². The van der Waals surface area contributed by atoms with Gasteiger partial charge in [-0.25, -0.2) is 4.68 Å². The summed E-state index contributed by atoms with van der Waals surface area (Å²) in [5.41, 5.74) is 6.14. The summed E-state index contributed by atoms with van der Waals surface area (Å²) in [5, 5.41) is 7.96. The van der Waals surface area contributed by atoms with Crippen molar-refractivity contribution in [3.05, 3.63) is 70.6 Å². The van der Waals surface area contributed by atoms with Crippen LogP contribution in [0.4, 0.5) is 5.69 Å². The molecule has 0 saturated carbocycles. The molecule has 0 fully saturated rings. The summed E-state index contributed by atoms with van der Waals surface area (Å²) in [4.78, 5) is 35.4. The quantitative estimate of drug-likeness (QED) is 0.726. The molecule has 0 unspecified atom stereocenters. The molecular weight excluding hydrogens is 320 g/mol. The van der Waals surface area contributed by atoms with E-state index in [1.54, 1.807) is 48.7 Å². The van der Waals surface area contributed by atoms with Gasteiger partial charge >= 0.3 is 0 Å². The molecule has 3 aromatic rings. The van der Waals surface area contributed by atoms with Crippen LogP contribution in [-0.2, 0) is 22.6 Å². The van der Waals surface area contributed by atoms with Crippen molar-refractivity contribution in [1.29, 1.82) is 0 Å². The Labute approximate surface area is 143 Å². The lowest BCUT2D eigenvalue weighted by Crippen LogP contribution is -2.29. The summed E-state index contributed by atoms with van der Waals surface area (Å²) >= 11 is 0. The van der Waals surface area contributed by atoms with E-state index in [0.717, 1.165) is 15.6 Å². The molecule has 0 bridgehead atoms. The van der Waals surface area contributed by atoms with Crippen LogP contribution in [0.15, 0.2) is 59.5 Å². The van der Waals surface area contributed by atoms with Crippen LogP contribution in [0.3, 0.4) is 0 Å². The lowest BCUT2D eigenvalue weighted by atomic mass is 10.1. The SMILES string of the molecule is NC(=O)Cc1ccc(NC(=O)Cn2ncc3ccccc3c2=O)cc1. The lowest BCUT2D eigenvalue weighted by molar-refractivity contribution is -0.118. The number of primary amides is 1. The first kappa shape index (κ1) is 16.4. The van der Waals surface area contributed by atoms with Gasteiger partial charge in [-0.15, -0.1) is 0 Å². The van der Waals surface area contributed by atoms with Crippen LogP contribution in [0.1, 0.15) is 5.56 Å². The smallest absolute Gasteiger partial charge is 0.275 e. The number of hydrogen-bond acceptors (Lipinski definition) is 4. The van der Waals surface area contributed by atoms with Crippen molar-refractivity contribution in [3.63, 3.8) is 0 Å². The second-order valence-corrected chi connectivity index (χ2v) is 5.58. The summed E-state index contributed by atoms with van der Waals surface area (Å²) < 4.78 is 1.12. The van der Waals surface area contributed by atoms with E-state index in [2.05, 4.69) is 10.4 Å². The van der Waals surface area contributed by atoms with Gasteiger partial charge in [0.15, 0.2) is 0 Å². The summed E-state index contributed by atoms with van der Waals surface area (Å²) in [6.07, 6.45) is 1.70. The fourth-order valence-corrected chi connectivity index (χ4v) is 2.48. The summed E-state index contributed by atoms with van der Waals surface area (Å²) in [7, 11) is 0. The molecule has 1 aromatic heterocycles. The van der Waals surface area contributed by atoms with Gasteiger partial charge in [0.2, 0.25) is 11.8 Å². The predicted octanol–water partition coefficient (Wildman–Crippen LogP) is 1.06. The van der Waals surface area contributed by atoms with Crippen molar-refractivity contribution in [2.45, 2.75) is 13.0 Å². The molecule has 2 aromatic carbocycles. The zero-order valence-electron chi connectivity index (χ0n) is 13.3. The lowest BCUT2D eigenvalue weighted by Gasteiger charge is -2.08. The van der Waals surface area contributed by atoms with Crippen LogP contribution in [0.2, 0.25) is 0 Å². The number of anilines is 1. The van der Waals surface area contributed by atoms with E-state index in [0.29, 0.717) is 11.1 Å². The minimum Gasteiger partial charge on any atom is -0.369 e. The second-order valence-electron chi connectivity index (χ2n) is 5.58.